The Morgan fingerprint density at radius 2 is 1.81 bits per heavy atom. The topological polar surface area (TPSA) is 26.3 Å². The summed E-state index contributed by atoms with van der Waals surface area (Å²) in [5.74, 6) is 0. The van der Waals surface area contributed by atoms with E-state index in [0.29, 0.717) is 0 Å². The Morgan fingerprint density at radius 3 is 2.25 bits per heavy atom. The van der Waals surface area contributed by atoms with Crippen LogP contribution in [0, 0.1) is 0 Å². The zero-order chi connectivity index (χ0) is 12.2. The highest BCUT2D eigenvalue weighted by molar-refractivity contribution is 7.59. The number of rotatable bonds is 4. The minimum absolute atomic E-state index is 0.0387. The van der Waals surface area contributed by atoms with Gasteiger partial charge in [0.05, 0.1) is 6.10 Å². The van der Waals surface area contributed by atoms with Crippen molar-refractivity contribution in [3.8, 4) is 0 Å². The maximum absolute atomic E-state index is 12.2. The fourth-order valence-corrected chi connectivity index (χ4v) is 3.69. The Labute approximate surface area is 94.0 Å². The molecule has 0 saturated heterocycles. The van der Waals surface area contributed by atoms with Crippen LogP contribution in [0.3, 0.4) is 0 Å². The molecule has 0 heterocycles. The van der Waals surface area contributed by atoms with Crippen LogP contribution < -0.4 is 0 Å². The Kier molecular flexibility index (Phi) is 4.87. The lowest BCUT2D eigenvalue weighted by Gasteiger charge is -2.27. The van der Waals surface area contributed by atoms with Crippen LogP contribution in [-0.4, -0.2) is 24.6 Å². The number of hydrogen-bond acceptors (Lipinski definition) is 2. The molecular formula is C10H18F3O2P. The predicted octanol–water partition coefficient (Wildman–Crippen LogP) is 4.20. The largest absolute Gasteiger partial charge is 0.397 e. The molecule has 0 bridgehead atoms. The summed E-state index contributed by atoms with van der Waals surface area (Å²) < 4.78 is 53.9. The van der Waals surface area contributed by atoms with Crippen molar-refractivity contribution in [3.05, 3.63) is 0 Å². The van der Waals surface area contributed by atoms with Crippen LogP contribution in [0.2, 0.25) is 0 Å². The lowest BCUT2D eigenvalue weighted by Crippen LogP contribution is -2.21. The molecule has 1 rings (SSSR count). The average Bonchev–Trinajstić information content (AvgIpc) is 2.16. The molecule has 0 aromatic carbocycles. The quantitative estimate of drug-likeness (QED) is 0.706. The summed E-state index contributed by atoms with van der Waals surface area (Å²) in [4.78, 5) is 0. The van der Waals surface area contributed by atoms with E-state index in [4.69, 9.17) is 4.52 Å². The van der Waals surface area contributed by atoms with Crippen LogP contribution in [0.25, 0.3) is 0 Å². The summed E-state index contributed by atoms with van der Waals surface area (Å²) >= 11 is 0. The molecule has 1 aliphatic rings. The van der Waals surface area contributed by atoms with Crippen molar-refractivity contribution < 1.29 is 22.3 Å². The van der Waals surface area contributed by atoms with E-state index in [2.05, 4.69) is 0 Å². The van der Waals surface area contributed by atoms with E-state index >= 15 is 0 Å². The minimum atomic E-state index is -4.40. The van der Waals surface area contributed by atoms with Crippen molar-refractivity contribution in [2.75, 3.05) is 12.3 Å². The van der Waals surface area contributed by atoms with Gasteiger partial charge in [-0.05, 0) is 12.8 Å². The van der Waals surface area contributed by atoms with Gasteiger partial charge in [0.2, 0.25) is 7.37 Å². The molecule has 0 aromatic heterocycles. The van der Waals surface area contributed by atoms with Crippen LogP contribution >= 0.6 is 7.37 Å². The molecule has 2 nitrogen and oxygen atoms in total. The Hall–Kier alpha value is -0.0200. The first-order valence-electron chi connectivity index (χ1n) is 5.68. The molecule has 0 aliphatic heterocycles. The molecule has 0 aromatic rings. The monoisotopic (exact) mass is 258 g/mol. The fraction of sp³-hybridized carbons (Fsp3) is 1.00. The normalized spacial score (nSPS) is 23.0. The summed E-state index contributed by atoms with van der Waals surface area (Å²) in [6.07, 6.45) is -1.47. The van der Waals surface area contributed by atoms with Crippen LogP contribution in [0.4, 0.5) is 13.2 Å². The smallest absolute Gasteiger partial charge is 0.325 e. The third kappa shape index (κ3) is 4.88. The molecule has 1 fully saturated rings. The fourth-order valence-electron chi connectivity index (χ4n) is 1.94. The number of hydrogen-bond donors (Lipinski definition) is 0. The molecule has 6 heteroatoms. The van der Waals surface area contributed by atoms with Gasteiger partial charge in [-0.25, -0.2) is 0 Å². The van der Waals surface area contributed by atoms with E-state index < -0.39 is 19.7 Å². The highest BCUT2D eigenvalue weighted by Crippen LogP contribution is 2.52. The second-order valence-corrected chi connectivity index (χ2v) is 7.06. The van der Waals surface area contributed by atoms with Crippen molar-refractivity contribution in [1.82, 2.24) is 0 Å². The van der Waals surface area contributed by atoms with Gasteiger partial charge < -0.3 is 4.52 Å². The Balaban J connectivity index is 2.55. The zero-order valence-electron chi connectivity index (χ0n) is 9.42. The first-order valence-corrected chi connectivity index (χ1v) is 7.67. The number of alkyl halides is 3. The van der Waals surface area contributed by atoms with E-state index in [1.165, 1.54) is 6.92 Å². The molecule has 0 N–H and O–H groups in total. The molecule has 1 aliphatic carbocycles. The van der Waals surface area contributed by atoms with Crippen molar-refractivity contribution in [2.45, 2.75) is 51.3 Å². The highest BCUT2D eigenvalue weighted by Gasteiger charge is 2.40. The van der Waals surface area contributed by atoms with Crippen molar-refractivity contribution >= 4 is 7.37 Å². The zero-order valence-corrected chi connectivity index (χ0v) is 10.3. The summed E-state index contributed by atoms with van der Waals surface area (Å²) in [6.45, 7) is 1.50. The van der Waals surface area contributed by atoms with Gasteiger partial charge in [0.1, 0.15) is 6.16 Å². The minimum Gasteiger partial charge on any atom is -0.325 e. The molecule has 1 atom stereocenters. The van der Waals surface area contributed by atoms with Crippen LogP contribution in [0.1, 0.15) is 39.0 Å². The molecule has 96 valence electrons. The van der Waals surface area contributed by atoms with E-state index in [9.17, 15) is 17.7 Å². The van der Waals surface area contributed by atoms with Gasteiger partial charge in [-0.2, -0.15) is 13.2 Å². The van der Waals surface area contributed by atoms with Gasteiger partial charge in [-0.1, -0.05) is 26.2 Å². The summed E-state index contributed by atoms with van der Waals surface area (Å²) in [6, 6.07) is 0. The Bertz CT molecular complexity index is 259. The SMILES string of the molecule is CCP(=O)(CC(F)(F)F)OC1CCCCC1. The molecule has 1 saturated carbocycles. The van der Waals surface area contributed by atoms with Gasteiger partial charge in [0.15, 0.2) is 0 Å². The third-order valence-electron chi connectivity index (χ3n) is 2.80. The molecule has 0 radical (unpaired) electrons. The summed E-state index contributed by atoms with van der Waals surface area (Å²) in [5, 5.41) is 0. The van der Waals surface area contributed by atoms with Gasteiger partial charge in [0.25, 0.3) is 0 Å². The van der Waals surface area contributed by atoms with Crippen molar-refractivity contribution in [3.63, 3.8) is 0 Å². The predicted molar refractivity (Wildman–Crippen MR) is 57.0 cm³/mol. The molecule has 16 heavy (non-hydrogen) atoms. The van der Waals surface area contributed by atoms with E-state index in [-0.39, 0.29) is 12.3 Å². The molecule has 1 unspecified atom stereocenters. The van der Waals surface area contributed by atoms with Crippen LogP contribution in [0.5, 0.6) is 0 Å². The van der Waals surface area contributed by atoms with Crippen LogP contribution in [-0.2, 0) is 9.09 Å². The first-order chi connectivity index (χ1) is 7.35. The van der Waals surface area contributed by atoms with Gasteiger partial charge in [0, 0.05) is 6.16 Å². The molecule has 0 amide bonds. The van der Waals surface area contributed by atoms with Gasteiger partial charge in [-0.15, -0.1) is 0 Å². The second-order valence-electron chi connectivity index (χ2n) is 4.27. The summed E-state index contributed by atoms with van der Waals surface area (Å²) in [5.41, 5.74) is 0. The third-order valence-corrected chi connectivity index (χ3v) is 5.28. The summed E-state index contributed by atoms with van der Waals surface area (Å²) in [7, 11) is -3.52. The molecular weight excluding hydrogens is 240 g/mol. The standard InChI is InChI=1S/C10H18F3O2P/c1-2-16(14,8-10(11,12)13)15-9-6-4-3-5-7-9/h9H,2-8H2,1H3. The average molecular weight is 258 g/mol. The van der Waals surface area contributed by atoms with Gasteiger partial charge in [-0.3, -0.25) is 4.57 Å². The van der Waals surface area contributed by atoms with Gasteiger partial charge >= 0.3 is 6.18 Å². The van der Waals surface area contributed by atoms with Crippen molar-refractivity contribution in [1.29, 1.82) is 0 Å². The van der Waals surface area contributed by atoms with Crippen molar-refractivity contribution in [2.24, 2.45) is 0 Å². The van der Waals surface area contributed by atoms with E-state index in [1.807, 2.05) is 0 Å². The van der Waals surface area contributed by atoms with E-state index in [0.717, 1.165) is 32.1 Å². The lowest BCUT2D eigenvalue weighted by atomic mass is 9.98. The first kappa shape index (κ1) is 14.0. The number of halogens is 3. The van der Waals surface area contributed by atoms with E-state index in [1.54, 1.807) is 0 Å². The Morgan fingerprint density at radius 1 is 1.25 bits per heavy atom. The maximum atomic E-state index is 12.2. The molecule has 0 spiro atoms. The lowest BCUT2D eigenvalue weighted by molar-refractivity contribution is -0.108. The van der Waals surface area contributed by atoms with Crippen LogP contribution in [0.15, 0.2) is 0 Å². The highest BCUT2D eigenvalue weighted by atomic mass is 31.2. The maximum Gasteiger partial charge on any atom is 0.397 e. The second kappa shape index (κ2) is 5.54.